The van der Waals surface area contributed by atoms with Gasteiger partial charge in [-0.05, 0) is 42.2 Å². The number of aromatic nitrogens is 1. The first-order chi connectivity index (χ1) is 12.8. The summed E-state index contributed by atoms with van der Waals surface area (Å²) in [6, 6.07) is 4.19. The second kappa shape index (κ2) is 6.90. The summed E-state index contributed by atoms with van der Waals surface area (Å²) in [5, 5.41) is 24.2. The molecule has 4 rings (SSSR count). The molecular formula is C20H23Cl2N3O2. The maximum Gasteiger partial charge on any atom is 0.130 e. The molecule has 144 valence electrons. The Labute approximate surface area is 168 Å². The fourth-order valence-corrected chi connectivity index (χ4v) is 4.95. The number of aliphatic hydroxyl groups excluding tert-OH is 2. The van der Waals surface area contributed by atoms with Crippen LogP contribution in [-0.2, 0) is 5.41 Å². The van der Waals surface area contributed by atoms with E-state index in [9.17, 15) is 10.2 Å². The van der Waals surface area contributed by atoms with Crippen LogP contribution >= 0.6 is 23.2 Å². The number of nitrogens with one attached hydrogen (secondary N) is 1. The molecule has 27 heavy (non-hydrogen) atoms. The highest BCUT2D eigenvalue weighted by Crippen LogP contribution is 2.53. The fourth-order valence-electron chi connectivity index (χ4n) is 4.54. The Morgan fingerprint density at radius 1 is 1.37 bits per heavy atom. The zero-order valence-corrected chi connectivity index (χ0v) is 16.8. The van der Waals surface area contributed by atoms with Gasteiger partial charge in [0.15, 0.2) is 0 Å². The zero-order chi connectivity index (χ0) is 19.3. The van der Waals surface area contributed by atoms with Crippen LogP contribution in [0.1, 0.15) is 24.5 Å². The summed E-state index contributed by atoms with van der Waals surface area (Å²) in [5.41, 5.74) is 4.76. The molecular weight excluding hydrogens is 385 g/mol. The Morgan fingerprint density at radius 2 is 2.15 bits per heavy atom. The molecule has 7 heteroatoms. The van der Waals surface area contributed by atoms with E-state index >= 15 is 0 Å². The van der Waals surface area contributed by atoms with Crippen molar-refractivity contribution >= 4 is 28.9 Å². The minimum atomic E-state index is -0.862. The first-order valence-corrected chi connectivity index (χ1v) is 9.84. The lowest BCUT2D eigenvalue weighted by Gasteiger charge is -2.44. The van der Waals surface area contributed by atoms with Crippen molar-refractivity contribution in [3.8, 4) is 11.1 Å². The molecule has 1 fully saturated rings. The van der Waals surface area contributed by atoms with E-state index in [0.29, 0.717) is 23.1 Å². The van der Waals surface area contributed by atoms with Gasteiger partial charge in [-0.25, -0.2) is 0 Å². The van der Waals surface area contributed by atoms with E-state index in [1.54, 1.807) is 0 Å². The van der Waals surface area contributed by atoms with E-state index in [4.69, 9.17) is 23.2 Å². The lowest BCUT2D eigenvalue weighted by Crippen LogP contribution is -2.56. The first-order valence-electron chi connectivity index (χ1n) is 9.09. The van der Waals surface area contributed by atoms with Crippen molar-refractivity contribution in [3.05, 3.63) is 45.7 Å². The quantitative estimate of drug-likeness (QED) is 0.726. The molecule has 0 aliphatic carbocycles. The number of nitrogens with zero attached hydrogens (tertiary/aromatic N) is 2. The molecule has 1 aromatic carbocycles. The Kier molecular flexibility index (Phi) is 4.85. The number of aryl methyl sites for hydroxylation is 1. The smallest absolute Gasteiger partial charge is 0.130 e. The zero-order valence-electron chi connectivity index (χ0n) is 15.3. The maximum absolute atomic E-state index is 10.2. The summed E-state index contributed by atoms with van der Waals surface area (Å²) in [7, 11) is 0. The number of halogens is 2. The lowest BCUT2D eigenvalue weighted by molar-refractivity contribution is -0.0578. The van der Waals surface area contributed by atoms with Crippen LogP contribution in [0.4, 0.5) is 5.69 Å². The Hall–Kier alpha value is -1.37. The van der Waals surface area contributed by atoms with Crippen molar-refractivity contribution < 1.29 is 10.2 Å². The van der Waals surface area contributed by atoms with Gasteiger partial charge in [0.05, 0.1) is 22.3 Å². The molecule has 2 aromatic rings. The average molecular weight is 408 g/mol. The summed E-state index contributed by atoms with van der Waals surface area (Å²) < 4.78 is 0. The van der Waals surface area contributed by atoms with Crippen LogP contribution in [0.5, 0.6) is 0 Å². The molecule has 1 aromatic heterocycles. The van der Waals surface area contributed by atoms with Gasteiger partial charge in [0.25, 0.3) is 0 Å². The summed E-state index contributed by atoms with van der Waals surface area (Å²) in [6.45, 7) is 5.23. The summed E-state index contributed by atoms with van der Waals surface area (Å²) in [5.74, 6) is 0. The number of likely N-dealkylation sites (tertiary alicyclic amines) is 1. The van der Waals surface area contributed by atoms with Gasteiger partial charge in [0.1, 0.15) is 6.23 Å². The molecule has 2 unspecified atom stereocenters. The molecule has 3 atom stereocenters. The highest BCUT2D eigenvalue weighted by molar-refractivity contribution is 6.44. The molecule has 0 amide bonds. The topological polar surface area (TPSA) is 68.6 Å². The number of rotatable bonds is 3. The molecule has 2 aliphatic rings. The fraction of sp³-hybridized carbons (Fsp3) is 0.450. The highest BCUT2D eigenvalue weighted by Gasteiger charge is 2.50. The summed E-state index contributed by atoms with van der Waals surface area (Å²) >= 11 is 13.0. The first kappa shape index (κ1) is 19.0. The van der Waals surface area contributed by atoms with Crippen LogP contribution in [0.25, 0.3) is 11.1 Å². The third-order valence-corrected chi connectivity index (χ3v) is 6.67. The predicted octanol–water partition coefficient (Wildman–Crippen LogP) is 3.43. The minimum absolute atomic E-state index is 0.183. The van der Waals surface area contributed by atoms with Gasteiger partial charge in [-0.3, -0.25) is 9.88 Å². The number of aliphatic hydroxyl groups is 2. The number of hydrogen-bond donors (Lipinski definition) is 3. The average Bonchev–Trinajstić information content (AvgIpc) is 2.96. The van der Waals surface area contributed by atoms with E-state index in [0.717, 1.165) is 34.4 Å². The van der Waals surface area contributed by atoms with Gasteiger partial charge in [-0.15, -0.1) is 0 Å². The second-order valence-electron chi connectivity index (χ2n) is 7.76. The van der Waals surface area contributed by atoms with Crippen LogP contribution < -0.4 is 5.32 Å². The Bertz CT molecular complexity index is 892. The van der Waals surface area contributed by atoms with Crippen molar-refractivity contribution in [2.24, 2.45) is 0 Å². The second-order valence-corrected chi connectivity index (χ2v) is 8.54. The van der Waals surface area contributed by atoms with Crippen molar-refractivity contribution in [1.29, 1.82) is 0 Å². The molecule has 0 saturated carbocycles. The van der Waals surface area contributed by atoms with Crippen molar-refractivity contribution in [2.75, 3.05) is 25.0 Å². The van der Waals surface area contributed by atoms with E-state index in [1.807, 2.05) is 30.3 Å². The molecule has 0 spiro atoms. The van der Waals surface area contributed by atoms with Crippen LogP contribution in [0.3, 0.4) is 0 Å². The van der Waals surface area contributed by atoms with Crippen LogP contribution in [0.2, 0.25) is 10.0 Å². The molecule has 0 radical (unpaired) electrons. The van der Waals surface area contributed by atoms with Gasteiger partial charge < -0.3 is 15.5 Å². The highest BCUT2D eigenvalue weighted by atomic mass is 35.5. The third kappa shape index (κ3) is 3.02. The molecule has 1 saturated heterocycles. The van der Waals surface area contributed by atoms with Gasteiger partial charge in [-0.1, -0.05) is 30.1 Å². The van der Waals surface area contributed by atoms with E-state index in [-0.39, 0.29) is 18.1 Å². The SMILES string of the molecule is Cc1cncc(-c2cc(Cl)c(Cl)c3c2C2(C)CN([C@@H](O)CO)CCC2N3)c1. The summed E-state index contributed by atoms with van der Waals surface area (Å²) in [6.07, 6.45) is 3.64. The van der Waals surface area contributed by atoms with Crippen molar-refractivity contribution in [1.82, 2.24) is 9.88 Å². The van der Waals surface area contributed by atoms with Gasteiger partial charge in [0, 0.05) is 42.5 Å². The number of anilines is 1. The van der Waals surface area contributed by atoms with E-state index in [2.05, 4.69) is 23.3 Å². The third-order valence-electron chi connectivity index (χ3n) is 5.89. The largest absolute Gasteiger partial charge is 0.392 e. The van der Waals surface area contributed by atoms with Gasteiger partial charge >= 0.3 is 0 Å². The normalized spacial score (nSPS) is 25.6. The molecule has 5 nitrogen and oxygen atoms in total. The number of piperidine rings is 1. The van der Waals surface area contributed by atoms with Gasteiger partial charge in [-0.2, -0.15) is 0 Å². The summed E-state index contributed by atoms with van der Waals surface area (Å²) in [4.78, 5) is 6.27. The van der Waals surface area contributed by atoms with Crippen molar-refractivity contribution in [2.45, 2.75) is 38.0 Å². The molecule has 0 bridgehead atoms. The predicted molar refractivity (Wildman–Crippen MR) is 108 cm³/mol. The Morgan fingerprint density at radius 3 is 2.85 bits per heavy atom. The number of pyridine rings is 1. The lowest BCUT2D eigenvalue weighted by atomic mass is 9.72. The van der Waals surface area contributed by atoms with E-state index < -0.39 is 6.23 Å². The molecule has 2 aliphatic heterocycles. The monoisotopic (exact) mass is 407 g/mol. The number of fused-ring (bicyclic) bond motifs is 3. The molecule has 3 heterocycles. The minimum Gasteiger partial charge on any atom is -0.392 e. The number of benzene rings is 1. The van der Waals surface area contributed by atoms with Gasteiger partial charge in [0.2, 0.25) is 0 Å². The van der Waals surface area contributed by atoms with Crippen LogP contribution in [0.15, 0.2) is 24.5 Å². The van der Waals surface area contributed by atoms with Crippen LogP contribution in [-0.4, -0.2) is 52.1 Å². The van der Waals surface area contributed by atoms with Crippen LogP contribution in [0, 0.1) is 6.92 Å². The standard InChI is InChI=1S/C20H23Cl2N3O2/c1-11-5-12(8-23-7-11)13-6-14(21)18(22)19-17(13)20(2)10-25(16(27)9-26)4-3-15(20)24-19/h5-8,15-16,24,26-27H,3-4,9-10H2,1-2H3/t15?,16-,20?/m0/s1. The number of hydrogen-bond acceptors (Lipinski definition) is 5. The molecule has 3 N–H and O–H groups in total. The Balaban J connectivity index is 1.89. The van der Waals surface area contributed by atoms with E-state index in [1.165, 1.54) is 0 Å². The maximum atomic E-state index is 10.2. The van der Waals surface area contributed by atoms with Crippen molar-refractivity contribution in [3.63, 3.8) is 0 Å².